The standard InChI is InChI=1S/C10H16N4O3/c11-8(15)5-14-4-7(10(14)17)13-9(16)6-2-1-3-12-6/h6-7,12H,1-5H2,(H2,11,15)(H,13,16)/t6-,7+/m0/s1. The summed E-state index contributed by atoms with van der Waals surface area (Å²) in [5.74, 6) is -0.921. The molecule has 7 nitrogen and oxygen atoms in total. The second-order valence-corrected chi connectivity index (χ2v) is 4.40. The van der Waals surface area contributed by atoms with Crippen molar-refractivity contribution in [1.29, 1.82) is 0 Å². The summed E-state index contributed by atoms with van der Waals surface area (Å²) < 4.78 is 0. The summed E-state index contributed by atoms with van der Waals surface area (Å²) in [6, 6.07) is -0.683. The average Bonchev–Trinajstić information content (AvgIpc) is 2.80. The minimum atomic E-state index is -0.541. The van der Waals surface area contributed by atoms with Gasteiger partial charge in [-0.3, -0.25) is 14.4 Å². The zero-order valence-electron chi connectivity index (χ0n) is 9.44. The van der Waals surface area contributed by atoms with E-state index in [0.717, 1.165) is 19.4 Å². The normalized spacial score (nSPS) is 27.8. The van der Waals surface area contributed by atoms with Gasteiger partial charge >= 0.3 is 0 Å². The zero-order valence-corrected chi connectivity index (χ0v) is 9.44. The van der Waals surface area contributed by atoms with Crippen molar-refractivity contribution in [3.8, 4) is 0 Å². The van der Waals surface area contributed by atoms with Gasteiger partial charge in [-0.1, -0.05) is 0 Å². The lowest BCUT2D eigenvalue weighted by Gasteiger charge is -2.38. The van der Waals surface area contributed by atoms with Crippen molar-refractivity contribution in [3.05, 3.63) is 0 Å². The van der Waals surface area contributed by atoms with E-state index in [1.54, 1.807) is 0 Å². The molecule has 2 rings (SSSR count). The highest BCUT2D eigenvalue weighted by Crippen LogP contribution is 2.11. The molecule has 0 saturated carbocycles. The number of carbonyl (C=O) groups is 3. The van der Waals surface area contributed by atoms with Gasteiger partial charge in [-0.2, -0.15) is 0 Å². The van der Waals surface area contributed by atoms with Crippen LogP contribution in [0.15, 0.2) is 0 Å². The Hall–Kier alpha value is -1.63. The van der Waals surface area contributed by atoms with Crippen molar-refractivity contribution in [3.63, 3.8) is 0 Å². The van der Waals surface area contributed by atoms with Crippen LogP contribution in [-0.4, -0.2) is 54.3 Å². The van der Waals surface area contributed by atoms with Gasteiger partial charge in [0.2, 0.25) is 17.7 Å². The Morgan fingerprint density at radius 2 is 2.29 bits per heavy atom. The molecule has 2 fully saturated rings. The number of hydrogen-bond acceptors (Lipinski definition) is 4. The topological polar surface area (TPSA) is 105 Å². The number of nitrogens with one attached hydrogen (secondary N) is 2. The molecule has 17 heavy (non-hydrogen) atoms. The molecule has 3 amide bonds. The maximum atomic E-state index is 11.7. The summed E-state index contributed by atoms with van der Waals surface area (Å²) in [5, 5.41) is 5.72. The largest absolute Gasteiger partial charge is 0.368 e. The van der Waals surface area contributed by atoms with Crippen LogP contribution in [-0.2, 0) is 14.4 Å². The van der Waals surface area contributed by atoms with Crippen LogP contribution in [0.2, 0.25) is 0 Å². The van der Waals surface area contributed by atoms with Gasteiger partial charge in [-0.15, -0.1) is 0 Å². The van der Waals surface area contributed by atoms with Crippen LogP contribution in [0.25, 0.3) is 0 Å². The highest BCUT2D eigenvalue weighted by Gasteiger charge is 2.39. The first-order chi connectivity index (χ1) is 8.08. The van der Waals surface area contributed by atoms with Crippen molar-refractivity contribution in [2.75, 3.05) is 19.6 Å². The Morgan fingerprint density at radius 1 is 1.53 bits per heavy atom. The lowest BCUT2D eigenvalue weighted by Crippen LogP contribution is -2.66. The van der Waals surface area contributed by atoms with Crippen LogP contribution in [0.4, 0.5) is 0 Å². The van der Waals surface area contributed by atoms with Gasteiger partial charge in [0, 0.05) is 0 Å². The van der Waals surface area contributed by atoms with E-state index in [1.807, 2.05) is 0 Å². The van der Waals surface area contributed by atoms with Crippen LogP contribution >= 0.6 is 0 Å². The molecule has 0 aromatic carbocycles. The molecule has 94 valence electrons. The minimum Gasteiger partial charge on any atom is -0.368 e. The Bertz CT molecular complexity index is 351. The first-order valence-corrected chi connectivity index (χ1v) is 5.69. The number of primary amides is 1. The number of nitrogens with zero attached hydrogens (tertiary/aromatic N) is 1. The van der Waals surface area contributed by atoms with E-state index in [-0.39, 0.29) is 24.4 Å². The van der Waals surface area contributed by atoms with E-state index >= 15 is 0 Å². The molecule has 0 radical (unpaired) electrons. The first kappa shape index (κ1) is 11.8. The average molecular weight is 240 g/mol. The summed E-state index contributed by atoms with van der Waals surface area (Å²) in [6.45, 7) is 1.12. The molecule has 7 heteroatoms. The van der Waals surface area contributed by atoms with Crippen LogP contribution in [0, 0.1) is 0 Å². The molecule has 0 unspecified atom stereocenters. The number of carbonyl (C=O) groups excluding carboxylic acids is 3. The highest BCUT2D eigenvalue weighted by molar-refractivity contribution is 5.95. The summed E-state index contributed by atoms with van der Waals surface area (Å²) in [4.78, 5) is 35.2. The van der Waals surface area contributed by atoms with Gasteiger partial charge in [-0.25, -0.2) is 0 Å². The smallest absolute Gasteiger partial charge is 0.247 e. The SMILES string of the molecule is NC(=O)CN1C[C@@H](NC(=O)[C@@H]2CCCN2)C1=O. The molecule has 2 atom stereocenters. The van der Waals surface area contributed by atoms with Gasteiger partial charge < -0.3 is 21.3 Å². The number of amides is 3. The predicted octanol–water partition coefficient (Wildman–Crippen LogP) is -2.45. The fourth-order valence-electron chi connectivity index (χ4n) is 2.12. The zero-order chi connectivity index (χ0) is 12.4. The molecule has 2 aliphatic heterocycles. The number of likely N-dealkylation sites (tertiary alicyclic amines) is 1. The monoisotopic (exact) mass is 240 g/mol. The van der Waals surface area contributed by atoms with Crippen molar-refractivity contribution in [2.24, 2.45) is 5.73 Å². The predicted molar refractivity (Wildman–Crippen MR) is 58.7 cm³/mol. The van der Waals surface area contributed by atoms with Crippen LogP contribution in [0.3, 0.4) is 0 Å². The van der Waals surface area contributed by atoms with E-state index < -0.39 is 11.9 Å². The number of nitrogens with two attached hydrogens (primary N) is 1. The van der Waals surface area contributed by atoms with Gasteiger partial charge in [0.25, 0.3) is 0 Å². The van der Waals surface area contributed by atoms with Crippen molar-refractivity contribution < 1.29 is 14.4 Å². The number of hydrogen-bond donors (Lipinski definition) is 3. The van der Waals surface area contributed by atoms with E-state index in [1.165, 1.54) is 4.90 Å². The molecule has 0 bridgehead atoms. The fraction of sp³-hybridized carbons (Fsp3) is 0.700. The maximum absolute atomic E-state index is 11.7. The third-order valence-corrected chi connectivity index (χ3v) is 3.05. The van der Waals surface area contributed by atoms with Crippen molar-refractivity contribution >= 4 is 17.7 Å². The molecule has 0 aliphatic carbocycles. The van der Waals surface area contributed by atoms with Gasteiger partial charge in [0.05, 0.1) is 19.1 Å². The molecule has 0 spiro atoms. The fourth-order valence-corrected chi connectivity index (χ4v) is 2.12. The van der Waals surface area contributed by atoms with Crippen LogP contribution in [0.1, 0.15) is 12.8 Å². The van der Waals surface area contributed by atoms with Crippen LogP contribution < -0.4 is 16.4 Å². The summed E-state index contributed by atoms with van der Waals surface area (Å²) in [5.41, 5.74) is 4.98. The van der Waals surface area contributed by atoms with E-state index in [4.69, 9.17) is 5.73 Å². The second-order valence-electron chi connectivity index (χ2n) is 4.40. The van der Waals surface area contributed by atoms with E-state index in [2.05, 4.69) is 10.6 Å². The first-order valence-electron chi connectivity index (χ1n) is 5.69. The number of β-lactam (4-membered cyclic amide) rings is 1. The highest BCUT2D eigenvalue weighted by atomic mass is 16.2. The second kappa shape index (κ2) is 4.70. The summed E-state index contributed by atoms with van der Waals surface area (Å²) in [7, 11) is 0. The Kier molecular flexibility index (Phi) is 3.28. The number of rotatable bonds is 4. The summed E-state index contributed by atoms with van der Waals surface area (Å²) >= 11 is 0. The molecule has 0 aromatic rings. The Morgan fingerprint density at radius 3 is 2.82 bits per heavy atom. The molecule has 0 aromatic heterocycles. The molecule has 2 aliphatic rings. The van der Waals surface area contributed by atoms with Crippen molar-refractivity contribution in [1.82, 2.24) is 15.5 Å². The third-order valence-electron chi connectivity index (χ3n) is 3.05. The van der Waals surface area contributed by atoms with Gasteiger partial charge in [0.15, 0.2) is 0 Å². The van der Waals surface area contributed by atoms with Crippen molar-refractivity contribution in [2.45, 2.75) is 24.9 Å². The Balaban J connectivity index is 1.76. The maximum Gasteiger partial charge on any atom is 0.247 e. The van der Waals surface area contributed by atoms with Gasteiger partial charge in [0.1, 0.15) is 6.04 Å². The molecule has 2 heterocycles. The molecular formula is C10H16N4O3. The van der Waals surface area contributed by atoms with Gasteiger partial charge in [-0.05, 0) is 19.4 Å². The van der Waals surface area contributed by atoms with E-state index in [9.17, 15) is 14.4 Å². The Labute approximate surface area is 98.7 Å². The minimum absolute atomic E-state index is 0.0765. The quantitative estimate of drug-likeness (QED) is 0.474. The lowest BCUT2D eigenvalue weighted by molar-refractivity contribution is -0.149. The molecule has 2 saturated heterocycles. The van der Waals surface area contributed by atoms with E-state index in [0.29, 0.717) is 6.54 Å². The summed E-state index contributed by atoms with van der Waals surface area (Å²) in [6.07, 6.45) is 1.78. The van der Waals surface area contributed by atoms with Crippen LogP contribution in [0.5, 0.6) is 0 Å². The molecular weight excluding hydrogens is 224 g/mol. The third kappa shape index (κ3) is 2.55. The lowest BCUT2D eigenvalue weighted by atomic mass is 10.1. The molecule has 4 N–H and O–H groups in total.